The zero-order valence-corrected chi connectivity index (χ0v) is 14.6. The topological polar surface area (TPSA) is 86.1 Å². The molecule has 0 spiro atoms. The number of anilines is 1. The molecule has 0 aliphatic rings. The molecule has 7 nitrogen and oxygen atoms in total. The van der Waals surface area contributed by atoms with Crippen LogP contribution in [0.3, 0.4) is 0 Å². The maximum absolute atomic E-state index is 12.3. The van der Waals surface area contributed by atoms with Crippen LogP contribution in [0.15, 0.2) is 59.7 Å². The molecule has 0 bridgehead atoms. The second-order valence-corrected chi connectivity index (χ2v) is 5.76. The average Bonchev–Trinajstić information content (AvgIpc) is 2.64. The van der Waals surface area contributed by atoms with Crippen molar-refractivity contribution >= 4 is 23.2 Å². The minimum atomic E-state index is -0.396. The van der Waals surface area contributed by atoms with Crippen molar-refractivity contribution in [1.29, 1.82) is 0 Å². The fourth-order valence-corrected chi connectivity index (χ4v) is 2.58. The zero-order chi connectivity index (χ0) is 18.5. The third-order valence-electron chi connectivity index (χ3n) is 3.57. The number of methoxy groups -OCH3 is 1. The monoisotopic (exact) mass is 370 g/mol. The fourth-order valence-electron chi connectivity index (χ4n) is 2.32. The summed E-state index contributed by atoms with van der Waals surface area (Å²) in [5.74, 6) is 0.111. The molecule has 0 saturated carbocycles. The lowest BCUT2D eigenvalue weighted by Gasteiger charge is -2.09. The van der Waals surface area contributed by atoms with Gasteiger partial charge in [0.15, 0.2) is 0 Å². The van der Waals surface area contributed by atoms with E-state index in [1.54, 1.807) is 48.8 Å². The van der Waals surface area contributed by atoms with E-state index in [1.807, 2.05) is 0 Å². The van der Waals surface area contributed by atoms with E-state index in [-0.39, 0.29) is 12.1 Å². The van der Waals surface area contributed by atoms with Gasteiger partial charge >= 0.3 is 0 Å². The van der Waals surface area contributed by atoms with Crippen molar-refractivity contribution in [3.8, 4) is 17.0 Å². The fraction of sp³-hybridized carbons (Fsp3) is 0.111. The molecule has 3 rings (SSSR count). The molecule has 1 aromatic carbocycles. The summed E-state index contributed by atoms with van der Waals surface area (Å²) < 4.78 is 6.17. The van der Waals surface area contributed by atoms with Crippen LogP contribution >= 0.6 is 11.6 Å². The summed E-state index contributed by atoms with van der Waals surface area (Å²) >= 11 is 6.04. The number of hydrogen-bond donors (Lipinski definition) is 1. The third-order valence-corrected chi connectivity index (χ3v) is 3.87. The molecule has 0 aliphatic heterocycles. The molecule has 132 valence electrons. The average molecular weight is 371 g/mol. The number of pyridine rings is 1. The van der Waals surface area contributed by atoms with Crippen LogP contribution in [0, 0.1) is 0 Å². The minimum Gasteiger partial charge on any atom is -0.495 e. The number of rotatable bonds is 5. The van der Waals surface area contributed by atoms with Crippen molar-refractivity contribution in [1.82, 2.24) is 14.8 Å². The van der Waals surface area contributed by atoms with Crippen LogP contribution in [0.1, 0.15) is 0 Å². The summed E-state index contributed by atoms with van der Waals surface area (Å²) in [7, 11) is 1.51. The van der Waals surface area contributed by atoms with Gasteiger partial charge in [0.2, 0.25) is 5.91 Å². The molecule has 2 aromatic heterocycles. The highest BCUT2D eigenvalue weighted by Gasteiger charge is 2.10. The lowest BCUT2D eigenvalue weighted by molar-refractivity contribution is -0.117. The molecule has 26 heavy (non-hydrogen) atoms. The number of nitrogens with zero attached hydrogens (tertiary/aromatic N) is 3. The van der Waals surface area contributed by atoms with Crippen LogP contribution in [0.4, 0.5) is 5.69 Å². The van der Waals surface area contributed by atoms with Crippen LogP contribution in [0.5, 0.6) is 5.75 Å². The number of halogens is 1. The van der Waals surface area contributed by atoms with Gasteiger partial charge in [-0.05, 0) is 36.4 Å². The van der Waals surface area contributed by atoms with Crippen molar-refractivity contribution in [3.05, 3.63) is 70.2 Å². The first-order chi connectivity index (χ1) is 12.6. The van der Waals surface area contributed by atoms with Gasteiger partial charge in [-0.15, -0.1) is 0 Å². The Morgan fingerprint density at radius 3 is 2.65 bits per heavy atom. The Labute approximate surface area is 154 Å². The van der Waals surface area contributed by atoms with Gasteiger partial charge in [0.25, 0.3) is 5.56 Å². The van der Waals surface area contributed by atoms with Gasteiger partial charge in [-0.2, -0.15) is 5.10 Å². The molecular formula is C18H15ClN4O3. The first-order valence-electron chi connectivity index (χ1n) is 7.69. The summed E-state index contributed by atoms with van der Waals surface area (Å²) in [5.41, 5.74) is 1.51. The second-order valence-electron chi connectivity index (χ2n) is 5.35. The molecule has 0 radical (unpaired) electrons. The molecule has 2 heterocycles. The molecule has 0 atom stereocenters. The summed E-state index contributed by atoms with van der Waals surface area (Å²) in [6, 6.07) is 11.4. The number of carbonyl (C=O) groups is 1. The summed E-state index contributed by atoms with van der Waals surface area (Å²) in [5, 5.41) is 7.29. The largest absolute Gasteiger partial charge is 0.495 e. The van der Waals surface area contributed by atoms with E-state index in [4.69, 9.17) is 16.3 Å². The van der Waals surface area contributed by atoms with Gasteiger partial charge in [0, 0.05) is 29.7 Å². The molecule has 1 N–H and O–H groups in total. The Kier molecular flexibility index (Phi) is 5.28. The second kappa shape index (κ2) is 7.79. The smallest absolute Gasteiger partial charge is 0.267 e. The van der Waals surface area contributed by atoms with E-state index in [0.717, 1.165) is 10.2 Å². The van der Waals surface area contributed by atoms with Crippen LogP contribution in [0.25, 0.3) is 11.3 Å². The first kappa shape index (κ1) is 17.6. The maximum Gasteiger partial charge on any atom is 0.267 e. The van der Waals surface area contributed by atoms with Gasteiger partial charge in [-0.25, -0.2) is 4.68 Å². The highest BCUT2D eigenvalue weighted by Crippen LogP contribution is 2.27. The highest BCUT2D eigenvalue weighted by molar-refractivity contribution is 6.32. The summed E-state index contributed by atoms with van der Waals surface area (Å²) in [6.45, 7) is -0.221. The van der Waals surface area contributed by atoms with E-state index in [2.05, 4.69) is 15.4 Å². The number of carbonyl (C=O) groups excluding carboxylic acids is 1. The Morgan fingerprint density at radius 2 is 1.96 bits per heavy atom. The van der Waals surface area contributed by atoms with Gasteiger partial charge in [-0.1, -0.05) is 11.6 Å². The van der Waals surface area contributed by atoms with Crippen molar-refractivity contribution in [2.24, 2.45) is 0 Å². The highest BCUT2D eigenvalue weighted by atomic mass is 35.5. The van der Waals surface area contributed by atoms with Gasteiger partial charge in [0.1, 0.15) is 12.3 Å². The predicted octanol–water partition coefficient (Wildman–Crippen LogP) is 2.61. The van der Waals surface area contributed by atoms with Gasteiger partial charge in [0.05, 0.1) is 17.8 Å². The van der Waals surface area contributed by atoms with E-state index < -0.39 is 5.91 Å². The first-order valence-corrected chi connectivity index (χ1v) is 8.06. The Bertz CT molecular complexity index is 989. The standard InChI is InChI=1S/C18H15ClN4O3/c1-26-16-4-2-13(10-14(16)19)21-17(24)11-23-18(25)5-3-15(22-23)12-6-8-20-9-7-12/h2-10H,11H2,1H3,(H,21,24). The zero-order valence-electron chi connectivity index (χ0n) is 13.8. The predicted molar refractivity (Wildman–Crippen MR) is 98.4 cm³/mol. The van der Waals surface area contributed by atoms with Gasteiger partial charge in [-0.3, -0.25) is 14.6 Å². The Hall–Kier alpha value is -3.19. The van der Waals surface area contributed by atoms with E-state index in [9.17, 15) is 9.59 Å². The van der Waals surface area contributed by atoms with E-state index in [0.29, 0.717) is 22.2 Å². The quantitative estimate of drug-likeness (QED) is 0.746. The third kappa shape index (κ3) is 4.07. The van der Waals surface area contributed by atoms with Crippen LogP contribution < -0.4 is 15.6 Å². The maximum atomic E-state index is 12.3. The molecular weight excluding hydrogens is 356 g/mol. The van der Waals surface area contributed by atoms with Crippen LogP contribution in [-0.2, 0) is 11.3 Å². The lowest BCUT2D eigenvalue weighted by atomic mass is 10.2. The Balaban J connectivity index is 1.77. The van der Waals surface area contributed by atoms with Crippen LogP contribution in [-0.4, -0.2) is 27.8 Å². The molecule has 3 aromatic rings. The minimum absolute atomic E-state index is 0.221. The molecule has 1 amide bonds. The lowest BCUT2D eigenvalue weighted by Crippen LogP contribution is -2.29. The molecule has 0 saturated heterocycles. The SMILES string of the molecule is COc1ccc(NC(=O)Cn2nc(-c3ccncc3)ccc2=O)cc1Cl. The number of benzene rings is 1. The van der Waals surface area contributed by atoms with Crippen molar-refractivity contribution in [2.75, 3.05) is 12.4 Å². The number of ether oxygens (including phenoxy) is 1. The number of hydrogen-bond acceptors (Lipinski definition) is 5. The van der Waals surface area contributed by atoms with E-state index >= 15 is 0 Å². The number of aromatic nitrogens is 3. The molecule has 0 aliphatic carbocycles. The van der Waals surface area contributed by atoms with Crippen molar-refractivity contribution in [2.45, 2.75) is 6.54 Å². The van der Waals surface area contributed by atoms with Gasteiger partial charge < -0.3 is 10.1 Å². The van der Waals surface area contributed by atoms with Crippen LogP contribution in [0.2, 0.25) is 5.02 Å². The molecule has 0 unspecified atom stereocenters. The van der Waals surface area contributed by atoms with E-state index in [1.165, 1.54) is 13.2 Å². The van der Waals surface area contributed by atoms with Crippen molar-refractivity contribution < 1.29 is 9.53 Å². The molecule has 0 fully saturated rings. The number of nitrogens with one attached hydrogen (secondary N) is 1. The van der Waals surface area contributed by atoms with Crippen molar-refractivity contribution in [3.63, 3.8) is 0 Å². The number of amides is 1. The summed E-state index contributed by atoms with van der Waals surface area (Å²) in [4.78, 5) is 28.2. The summed E-state index contributed by atoms with van der Waals surface area (Å²) in [6.07, 6.45) is 3.26. The normalized spacial score (nSPS) is 10.4. The molecule has 8 heteroatoms. The Morgan fingerprint density at radius 1 is 1.19 bits per heavy atom.